The van der Waals surface area contributed by atoms with Crippen molar-refractivity contribution in [2.75, 3.05) is 0 Å². The zero-order valence-corrected chi connectivity index (χ0v) is 13.3. The van der Waals surface area contributed by atoms with Gasteiger partial charge >= 0.3 is 0 Å². The summed E-state index contributed by atoms with van der Waals surface area (Å²) in [7, 11) is 0. The van der Waals surface area contributed by atoms with E-state index in [0.29, 0.717) is 0 Å². The second-order valence-electron chi connectivity index (χ2n) is 7.10. The minimum Gasteiger partial charge on any atom is -0.487 e. The smallest absolute Gasteiger partial charge is 0.120 e. The molecule has 0 saturated heterocycles. The predicted octanol–water partition coefficient (Wildman–Crippen LogP) is 3.46. The first kappa shape index (κ1) is 14.9. The van der Waals surface area contributed by atoms with Crippen molar-refractivity contribution in [3.05, 3.63) is 28.8 Å². The molecule has 1 aromatic carbocycles. The molecule has 1 fully saturated rings. The van der Waals surface area contributed by atoms with Crippen molar-refractivity contribution in [2.24, 2.45) is 11.1 Å². The summed E-state index contributed by atoms with van der Waals surface area (Å²) in [5.74, 6) is 0.824. The summed E-state index contributed by atoms with van der Waals surface area (Å²) >= 11 is 0. The first-order valence-electron chi connectivity index (χ1n) is 7.03. The number of rotatable bonds is 2. The fourth-order valence-corrected chi connectivity index (χ4v) is 3.22. The Morgan fingerprint density at radius 2 is 1.65 bits per heavy atom. The van der Waals surface area contributed by atoms with Crippen LogP contribution in [-0.2, 0) is 0 Å². The molecule has 20 heavy (non-hydrogen) atoms. The van der Waals surface area contributed by atoms with Crippen LogP contribution in [0.4, 0.5) is 0 Å². The number of nitrogens with two attached hydrogens (primary N) is 1. The van der Waals surface area contributed by atoms with E-state index in [-0.39, 0.29) is 16.6 Å². The Balaban J connectivity index is 2.31. The van der Waals surface area contributed by atoms with Crippen molar-refractivity contribution in [1.29, 1.82) is 5.26 Å². The number of hydrogen-bond acceptors (Lipinski definition) is 3. The van der Waals surface area contributed by atoms with Crippen LogP contribution >= 0.6 is 0 Å². The van der Waals surface area contributed by atoms with Gasteiger partial charge in [0.1, 0.15) is 11.4 Å². The zero-order chi connectivity index (χ0) is 15.3. The van der Waals surface area contributed by atoms with E-state index < -0.39 is 0 Å². The van der Waals surface area contributed by atoms with Crippen molar-refractivity contribution >= 4 is 0 Å². The maximum absolute atomic E-state index is 9.12. The van der Waals surface area contributed by atoms with Gasteiger partial charge in [-0.3, -0.25) is 0 Å². The molecule has 2 N–H and O–H groups in total. The molecular weight excluding hydrogens is 248 g/mol. The van der Waals surface area contributed by atoms with Gasteiger partial charge in [-0.1, -0.05) is 13.8 Å². The van der Waals surface area contributed by atoms with E-state index in [1.54, 1.807) is 0 Å². The number of ether oxygens (including phenoxy) is 1. The normalized spacial score (nSPS) is 31.3. The minimum atomic E-state index is -0.274. The van der Waals surface area contributed by atoms with Crippen LogP contribution in [-0.4, -0.2) is 11.1 Å². The van der Waals surface area contributed by atoms with Gasteiger partial charge in [0.05, 0.1) is 11.6 Å². The fourth-order valence-electron chi connectivity index (χ4n) is 3.22. The Morgan fingerprint density at radius 1 is 1.15 bits per heavy atom. The van der Waals surface area contributed by atoms with Crippen molar-refractivity contribution < 1.29 is 4.74 Å². The molecule has 1 saturated carbocycles. The standard InChI is InChI=1S/C17H24N2O/c1-11-7-13(8-12(2)14(11)9-18)20-17(6)10-16(5,19)15(17,3)4/h7-8H,10,19H2,1-6H3/t16-,17-/m1/s1. The van der Waals surface area contributed by atoms with E-state index >= 15 is 0 Å². The molecule has 0 unspecified atom stereocenters. The molecule has 0 bridgehead atoms. The van der Waals surface area contributed by atoms with Crippen molar-refractivity contribution in [1.82, 2.24) is 0 Å². The van der Waals surface area contributed by atoms with Crippen LogP contribution < -0.4 is 10.5 Å². The highest BCUT2D eigenvalue weighted by Gasteiger charge is 2.64. The van der Waals surface area contributed by atoms with Crippen molar-refractivity contribution in [3.63, 3.8) is 0 Å². The van der Waals surface area contributed by atoms with Crippen LogP contribution in [0.5, 0.6) is 5.75 Å². The van der Waals surface area contributed by atoms with Crippen LogP contribution in [0.15, 0.2) is 12.1 Å². The first-order valence-corrected chi connectivity index (χ1v) is 7.03. The number of benzene rings is 1. The lowest BCUT2D eigenvalue weighted by Crippen LogP contribution is -2.75. The lowest BCUT2D eigenvalue weighted by molar-refractivity contribution is -0.171. The molecule has 108 valence electrons. The molecule has 3 nitrogen and oxygen atoms in total. The van der Waals surface area contributed by atoms with E-state index in [4.69, 9.17) is 15.7 Å². The van der Waals surface area contributed by atoms with Crippen LogP contribution in [0.25, 0.3) is 0 Å². The molecule has 1 aliphatic rings. The third kappa shape index (κ3) is 1.91. The average Bonchev–Trinajstić information content (AvgIpc) is 2.27. The Kier molecular flexibility index (Phi) is 3.15. The van der Waals surface area contributed by atoms with Crippen LogP contribution in [0, 0.1) is 30.6 Å². The van der Waals surface area contributed by atoms with Gasteiger partial charge < -0.3 is 10.5 Å². The number of aryl methyl sites for hydroxylation is 2. The quantitative estimate of drug-likeness (QED) is 0.897. The van der Waals surface area contributed by atoms with E-state index in [2.05, 4.69) is 33.8 Å². The predicted molar refractivity (Wildman–Crippen MR) is 80.7 cm³/mol. The highest BCUT2D eigenvalue weighted by Crippen LogP contribution is 2.57. The van der Waals surface area contributed by atoms with Crippen molar-refractivity contribution in [2.45, 2.75) is 59.1 Å². The van der Waals surface area contributed by atoms with Crippen molar-refractivity contribution in [3.8, 4) is 11.8 Å². The Hall–Kier alpha value is -1.53. The average molecular weight is 272 g/mol. The van der Waals surface area contributed by atoms with Gasteiger partial charge in [0.25, 0.3) is 0 Å². The van der Waals surface area contributed by atoms with E-state index in [9.17, 15) is 0 Å². The van der Waals surface area contributed by atoms with Crippen LogP contribution in [0.3, 0.4) is 0 Å². The molecule has 0 heterocycles. The Bertz CT molecular complexity index is 572. The van der Waals surface area contributed by atoms with E-state index in [1.165, 1.54) is 0 Å². The summed E-state index contributed by atoms with van der Waals surface area (Å²) in [4.78, 5) is 0. The van der Waals surface area contributed by atoms with Gasteiger partial charge in [0.2, 0.25) is 0 Å². The molecular formula is C17H24N2O. The summed E-state index contributed by atoms with van der Waals surface area (Å²) in [6, 6.07) is 6.12. The topological polar surface area (TPSA) is 59.0 Å². The van der Waals surface area contributed by atoms with Gasteiger partial charge in [-0.05, 0) is 51.0 Å². The summed E-state index contributed by atoms with van der Waals surface area (Å²) < 4.78 is 6.26. The third-order valence-corrected chi connectivity index (χ3v) is 5.42. The molecule has 0 amide bonds. The number of nitriles is 1. The molecule has 0 aromatic heterocycles. The van der Waals surface area contributed by atoms with E-state index in [0.717, 1.165) is 28.9 Å². The monoisotopic (exact) mass is 272 g/mol. The third-order valence-electron chi connectivity index (χ3n) is 5.42. The number of hydrogen-bond donors (Lipinski definition) is 1. The largest absolute Gasteiger partial charge is 0.487 e. The van der Waals surface area contributed by atoms with Gasteiger partial charge in [-0.25, -0.2) is 0 Å². The van der Waals surface area contributed by atoms with Crippen LogP contribution in [0.1, 0.15) is 50.8 Å². The maximum atomic E-state index is 9.12. The lowest BCUT2D eigenvalue weighted by Gasteiger charge is -2.64. The van der Waals surface area contributed by atoms with Gasteiger partial charge in [-0.2, -0.15) is 5.26 Å². The second-order valence-corrected chi connectivity index (χ2v) is 7.10. The highest BCUT2D eigenvalue weighted by atomic mass is 16.5. The molecule has 1 aliphatic carbocycles. The summed E-state index contributed by atoms with van der Waals surface area (Å²) in [6.07, 6.45) is 0.825. The molecule has 0 radical (unpaired) electrons. The van der Waals surface area contributed by atoms with Gasteiger partial charge in [-0.15, -0.1) is 0 Å². The van der Waals surface area contributed by atoms with Crippen LogP contribution in [0.2, 0.25) is 0 Å². The second kappa shape index (κ2) is 4.23. The van der Waals surface area contributed by atoms with Gasteiger partial charge in [0, 0.05) is 17.4 Å². The molecule has 2 rings (SSSR count). The molecule has 1 aromatic rings. The van der Waals surface area contributed by atoms with E-state index in [1.807, 2.05) is 26.0 Å². The van der Waals surface area contributed by atoms with Gasteiger partial charge in [0.15, 0.2) is 0 Å². The molecule has 3 heteroatoms. The lowest BCUT2D eigenvalue weighted by atomic mass is 9.48. The minimum absolute atomic E-state index is 0.101. The fraction of sp³-hybridized carbons (Fsp3) is 0.588. The maximum Gasteiger partial charge on any atom is 0.120 e. The SMILES string of the molecule is Cc1cc(O[C@]2(C)C[C@@](C)(N)C2(C)C)cc(C)c1C#N. The Labute approximate surface area is 121 Å². The molecule has 0 aliphatic heterocycles. The summed E-state index contributed by atoms with van der Waals surface area (Å²) in [5, 5.41) is 9.12. The zero-order valence-electron chi connectivity index (χ0n) is 13.3. The highest BCUT2D eigenvalue weighted by molar-refractivity contribution is 5.48. The summed E-state index contributed by atoms with van der Waals surface area (Å²) in [5.41, 5.74) is 8.37. The summed E-state index contributed by atoms with van der Waals surface area (Å²) in [6.45, 7) is 12.4. The Morgan fingerprint density at radius 3 is 2.00 bits per heavy atom. The molecule has 0 spiro atoms. The molecule has 2 atom stereocenters. The first-order chi connectivity index (χ1) is 9.04. The number of nitrogens with zero attached hydrogens (tertiary/aromatic N) is 1.